The second-order valence-corrected chi connectivity index (χ2v) is 20.1. The van der Waals surface area contributed by atoms with E-state index in [-0.39, 0.29) is 55.9 Å². The molecule has 2 saturated carbocycles. The largest absolute Gasteiger partial charge is 0.497 e. The van der Waals surface area contributed by atoms with Crippen molar-refractivity contribution in [2.45, 2.75) is 89.2 Å². The van der Waals surface area contributed by atoms with Crippen molar-refractivity contribution in [2.24, 2.45) is 22.7 Å². The molecule has 1 aromatic heterocycles. The second-order valence-electron chi connectivity index (χ2n) is 18.1. The predicted molar refractivity (Wildman–Crippen MR) is 225 cm³/mol. The van der Waals surface area contributed by atoms with Crippen LogP contribution in [0.4, 0.5) is 0 Å². The number of Topliss-reactive ketones (excluding diaryl/α,β-unsaturated/α-hetero) is 1. The molecule has 3 heterocycles. The van der Waals surface area contributed by atoms with Gasteiger partial charge in [-0.05, 0) is 63.2 Å². The molecular formula is C45H57N5O8S. The Morgan fingerprint density at radius 3 is 2.39 bits per heavy atom. The third-order valence-corrected chi connectivity index (χ3v) is 14.6. The smallest absolute Gasteiger partial charge is 0.240 e. The number of rotatable bonds is 15. The first-order chi connectivity index (χ1) is 27.9. The number of fused-ring (bicyclic) bond motifs is 1. The summed E-state index contributed by atoms with van der Waals surface area (Å²) in [5.74, 6) is -1.54. The lowest BCUT2D eigenvalue weighted by Gasteiger charge is -2.35. The molecule has 0 bridgehead atoms. The van der Waals surface area contributed by atoms with Crippen LogP contribution in [0.3, 0.4) is 0 Å². The summed E-state index contributed by atoms with van der Waals surface area (Å²) in [4.78, 5) is 67.7. The number of hydrogen-bond donors (Lipinski definition) is 1. The monoisotopic (exact) mass is 827 g/mol. The van der Waals surface area contributed by atoms with E-state index in [9.17, 15) is 27.6 Å². The zero-order valence-corrected chi connectivity index (χ0v) is 35.8. The number of aromatic nitrogens is 1. The number of allylic oxidation sites excluding steroid dienone is 1. The molecule has 2 saturated heterocycles. The summed E-state index contributed by atoms with van der Waals surface area (Å²) >= 11 is 0. The van der Waals surface area contributed by atoms with Crippen LogP contribution in [0.25, 0.3) is 22.2 Å². The Morgan fingerprint density at radius 2 is 1.78 bits per heavy atom. The summed E-state index contributed by atoms with van der Waals surface area (Å²) in [5.41, 5.74) is 0.246. The van der Waals surface area contributed by atoms with Gasteiger partial charge >= 0.3 is 0 Å². The number of nitrogens with one attached hydrogen (secondary N) is 1. The number of methoxy groups -OCH3 is 1. The molecule has 1 N–H and O–H groups in total. The molecule has 2 aromatic carbocycles. The quantitative estimate of drug-likeness (QED) is 0.202. The van der Waals surface area contributed by atoms with Crippen molar-refractivity contribution >= 4 is 44.4 Å². The topological polar surface area (TPSA) is 156 Å². The minimum absolute atomic E-state index is 0.0212. The van der Waals surface area contributed by atoms with Gasteiger partial charge in [-0.3, -0.25) is 23.9 Å². The number of nitrogens with zero attached hydrogens (tertiary/aromatic N) is 4. The van der Waals surface area contributed by atoms with Gasteiger partial charge in [0.05, 0.1) is 47.5 Å². The van der Waals surface area contributed by atoms with Crippen molar-refractivity contribution in [3.63, 3.8) is 0 Å². The standard InChI is InChI=1S/C45H57N5O8S/c1-8-29-24-45(29,43(54)47-59(55,56)33-15-16-33)25-39(51)38-21-32(27-50(38)42(53)35(44(2,3)4)22-41(52)49-19-18-30(26-49)48(5)6)58-40-23-36(28-12-10-9-11-13-28)46-37-20-31(57-7)14-17-34(37)40/h8-14,17,20,23,29-30,32-33,35,38H,1,15-16,18-19,21-22,24-27H2,2-7H3,(H,47,54)/t29-,30?,32-,35-,38+,45-/m1/s1. The Balaban J connectivity index is 1.21. The lowest BCUT2D eigenvalue weighted by atomic mass is 9.77. The van der Waals surface area contributed by atoms with Crippen molar-refractivity contribution < 1.29 is 37.1 Å². The van der Waals surface area contributed by atoms with Crippen molar-refractivity contribution in [1.29, 1.82) is 0 Å². The maximum atomic E-state index is 15.0. The number of ketones is 1. The molecule has 13 nitrogen and oxygen atoms in total. The van der Waals surface area contributed by atoms with Crippen LogP contribution in [0.2, 0.25) is 0 Å². The van der Waals surface area contributed by atoms with Crippen LogP contribution < -0.4 is 14.2 Å². The fourth-order valence-corrected chi connectivity index (χ4v) is 10.1. The Labute approximate surface area is 347 Å². The first-order valence-electron chi connectivity index (χ1n) is 20.6. The van der Waals surface area contributed by atoms with E-state index in [1.54, 1.807) is 18.1 Å². The molecule has 6 atom stereocenters. The average Bonchev–Trinajstić information content (AvgIpc) is 4.08. The number of carbonyl (C=O) groups is 4. The predicted octanol–water partition coefficient (Wildman–Crippen LogP) is 5.23. The number of benzene rings is 2. The summed E-state index contributed by atoms with van der Waals surface area (Å²) < 4.78 is 40.3. The molecule has 2 aliphatic heterocycles. The third kappa shape index (κ3) is 8.89. The van der Waals surface area contributed by atoms with Crippen LogP contribution in [0.5, 0.6) is 11.5 Å². The van der Waals surface area contributed by atoms with Crippen molar-refractivity contribution in [3.8, 4) is 22.8 Å². The van der Waals surface area contributed by atoms with Gasteiger partial charge in [-0.1, -0.05) is 57.2 Å². The SMILES string of the molecule is C=C[C@@H]1C[C@]1(CC(=O)[C@@H]1C[C@@H](Oc2cc(-c3ccccc3)nc3cc(OC)ccc23)CN1C(=O)[C@@H](CC(=O)N1CCC(N(C)C)C1)C(C)(C)C)C(=O)NS(=O)(=O)C1CC1. The van der Waals surface area contributed by atoms with E-state index in [1.807, 2.05) is 94.4 Å². The number of ether oxygens (including phenoxy) is 2. The van der Waals surface area contributed by atoms with E-state index in [0.717, 1.165) is 17.4 Å². The molecule has 3 aromatic rings. The number of sulfonamides is 1. The number of amides is 3. The van der Waals surface area contributed by atoms with Crippen LogP contribution in [0.15, 0.2) is 67.3 Å². The zero-order valence-electron chi connectivity index (χ0n) is 35.0. The first-order valence-corrected chi connectivity index (χ1v) is 22.2. The molecule has 7 rings (SSSR count). The Bertz CT molecular complexity index is 2240. The highest BCUT2D eigenvalue weighted by Gasteiger charge is 2.61. The molecule has 0 spiro atoms. The Kier molecular flexibility index (Phi) is 11.7. The van der Waals surface area contributed by atoms with Crippen LogP contribution in [-0.4, -0.2) is 116 Å². The summed E-state index contributed by atoms with van der Waals surface area (Å²) in [7, 11) is 1.71. The van der Waals surface area contributed by atoms with Gasteiger partial charge in [-0.2, -0.15) is 0 Å². The highest BCUT2D eigenvalue weighted by molar-refractivity contribution is 7.90. The van der Waals surface area contributed by atoms with Crippen molar-refractivity contribution in [1.82, 2.24) is 24.4 Å². The van der Waals surface area contributed by atoms with Gasteiger partial charge in [0.1, 0.15) is 17.6 Å². The molecule has 4 aliphatic rings. The number of pyridine rings is 1. The van der Waals surface area contributed by atoms with Gasteiger partial charge < -0.3 is 24.2 Å². The molecule has 3 amide bonds. The average molecular weight is 828 g/mol. The van der Waals surface area contributed by atoms with Gasteiger partial charge in [0, 0.05) is 61.5 Å². The normalized spacial score (nSPS) is 24.9. The van der Waals surface area contributed by atoms with Crippen LogP contribution >= 0.6 is 0 Å². The van der Waals surface area contributed by atoms with E-state index in [4.69, 9.17) is 14.5 Å². The maximum absolute atomic E-state index is 15.0. The minimum Gasteiger partial charge on any atom is -0.497 e. The number of carbonyl (C=O) groups excluding carboxylic acids is 4. The van der Waals surface area contributed by atoms with Crippen LogP contribution in [0, 0.1) is 22.7 Å². The Morgan fingerprint density at radius 1 is 1.05 bits per heavy atom. The fourth-order valence-electron chi connectivity index (χ4n) is 8.73. The van der Waals surface area contributed by atoms with Crippen LogP contribution in [-0.2, 0) is 29.2 Å². The van der Waals surface area contributed by atoms with Crippen molar-refractivity contribution in [3.05, 3.63) is 67.3 Å². The number of likely N-dealkylation sites (tertiary alicyclic amines) is 2. The molecule has 14 heteroatoms. The van der Waals surface area contributed by atoms with E-state index in [1.165, 1.54) is 0 Å². The molecule has 4 fully saturated rings. The molecule has 0 radical (unpaired) electrons. The lowest BCUT2D eigenvalue weighted by molar-refractivity contribution is -0.148. The van der Waals surface area contributed by atoms with Crippen LogP contribution in [0.1, 0.15) is 65.7 Å². The summed E-state index contributed by atoms with van der Waals surface area (Å²) in [5, 5.41) is 0.109. The van der Waals surface area contributed by atoms with Gasteiger partial charge in [0.2, 0.25) is 27.7 Å². The highest BCUT2D eigenvalue weighted by Crippen LogP contribution is 2.57. The minimum atomic E-state index is -3.87. The van der Waals surface area contributed by atoms with E-state index in [0.29, 0.717) is 48.6 Å². The number of hydrogen-bond acceptors (Lipinski definition) is 10. The van der Waals surface area contributed by atoms with Gasteiger partial charge in [-0.25, -0.2) is 13.4 Å². The summed E-state index contributed by atoms with van der Waals surface area (Å²) in [6.07, 6.45) is 2.87. The Hall–Kier alpha value is -4.82. The second kappa shape index (κ2) is 16.3. The van der Waals surface area contributed by atoms with E-state index >= 15 is 0 Å². The molecular weight excluding hydrogens is 771 g/mol. The molecule has 1 unspecified atom stereocenters. The summed E-state index contributed by atoms with van der Waals surface area (Å²) in [6, 6.07) is 16.3. The zero-order chi connectivity index (χ0) is 42.4. The lowest BCUT2D eigenvalue weighted by Crippen LogP contribution is -2.49. The van der Waals surface area contributed by atoms with Crippen molar-refractivity contribution in [2.75, 3.05) is 40.8 Å². The highest BCUT2D eigenvalue weighted by atomic mass is 32.2. The van der Waals surface area contributed by atoms with E-state index in [2.05, 4.69) is 16.2 Å². The molecule has 316 valence electrons. The maximum Gasteiger partial charge on any atom is 0.240 e. The van der Waals surface area contributed by atoms with E-state index < -0.39 is 56.0 Å². The van der Waals surface area contributed by atoms with Gasteiger partial charge in [-0.15, -0.1) is 6.58 Å². The summed E-state index contributed by atoms with van der Waals surface area (Å²) in [6.45, 7) is 10.9. The van der Waals surface area contributed by atoms with Gasteiger partial charge in [0.15, 0.2) is 5.78 Å². The van der Waals surface area contributed by atoms with Gasteiger partial charge in [0.25, 0.3) is 0 Å². The first kappa shape index (κ1) is 42.3. The molecule has 2 aliphatic carbocycles. The third-order valence-electron chi connectivity index (χ3n) is 12.8. The molecule has 59 heavy (non-hydrogen) atoms. The number of likely N-dealkylation sites (N-methyl/N-ethyl adjacent to an activating group) is 1. The fraction of sp³-hybridized carbons (Fsp3) is 0.533.